The molecule has 1 aromatic rings. The lowest BCUT2D eigenvalue weighted by molar-refractivity contribution is 0.300. The molecule has 1 fully saturated rings. The maximum atomic E-state index is 13.7. The molecule has 2 nitrogen and oxygen atoms in total. The van der Waals surface area contributed by atoms with E-state index >= 15 is 0 Å². The lowest BCUT2D eigenvalue weighted by atomic mass is 9.83. The minimum Gasteiger partial charge on any atom is -0.384 e. The lowest BCUT2D eigenvalue weighted by Crippen LogP contribution is -2.20. The van der Waals surface area contributed by atoms with Gasteiger partial charge in [-0.25, -0.2) is 4.39 Å². The summed E-state index contributed by atoms with van der Waals surface area (Å²) in [5, 5.41) is 12.2. The second kappa shape index (κ2) is 6.06. The fraction of sp³-hybridized carbons (Fsp3) is 0.562. The number of nitrogens with one attached hydrogen (secondary N) is 1. The fourth-order valence-electron chi connectivity index (χ4n) is 2.71. The van der Waals surface area contributed by atoms with Crippen LogP contribution in [0.5, 0.6) is 0 Å². The Morgan fingerprint density at radius 3 is 2.63 bits per heavy atom. The highest BCUT2D eigenvalue weighted by Crippen LogP contribution is 2.29. The Hall–Kier alpha value is -1.56. The van der Waals surface area contributed by atoms with E-state index in [2.05, 4.69) is 12.2 Å². The summed E-state index contributed by atoms with van der Waals surface area (Å²) in [6.45, 7) is 4.93. The predicted molar refractivity (Wildman–Crippen MR) is 75.5 cm³/mol. The summed E-state index contributed by atoms with van der Waals surface area (Å²) in [6.07, 6.45) is 5.07. The molecule has 0 heterocycles. The summed E-state index contributed by atoms with van der Waals surface area (Å²) in [4.78, 5) is 0. The van der Waals surface area contributed by atoms with Crippen molar-refractivity contribution < 1.29 is 4.39 Å². The Balaban J connectivity index is 1.99. The highest BCUT2D eigenvalue weighted by atomic mass is 19.1. The van der Waals surface area contributed by atoms with Gasteiger partial charge in [0, 0.05) is 17.8 Å². The van der Waals surface area contributed by atoms with Crippen molar-refractivity contribution in [3.05, 3.63) is 29.1 Å². The molecule has 0 aliphatic heterocycles. The quantitative estimate of drug-likeness (QED) is 0.882. The first kappa shape index (κ1) is 13.9. The molecule has 1 aromatic carbocycles. The van der Waals surface area contributed by atoms with Gasteiger partial charge in [0.1, 0.15) is 5.82 Å². The predicted octanol–water partition coefficient (Wildman–Crippen LogP) is 4.24. The molecule has 0 bridgehead atoms. The SMILES string of the molecule is Cc1c(F)cc(C#N)cc1NCC1CCC(C)CC1. The smallest absolute Gasteiger partial charge is 0.129 e. The summed E-state index contributed by atoms with van der Waals surface area (Å²) in [6, 6.07) is 5.03. The third-order valence-electron chi connectivity index (χ3n) is 4.19. The first-order valence-corrected chi connectivity index (χ1v) is 7.04. The Kier molecular flexibility index (Phi) is 4.42. The molecule has 3 heteroatoms. The number of halogens is 1. The Morgan fingerprint density at radius 1 is 1.32 bits per heavy atom. The molecule has 0 amide bonds. The molecular weight excluding hydrogens is 239 g/mol. The van der Waals surface area contributed by atoms with Gasteiger partial charge in [0.15, 0.2) is 0 Å². The average molecular weight is 260 g/mol. The number of hydrogen-bond donors (Lipinski definition) is 1. The van der Waals surface area contributed by atoms with Crippen molar-refractivity contribution in [2.24, 2.45) is 11.8 Å². The van der Waals surface area contributed by atoms with E-state index in [0.717, 1.165) is 18.2 Å². The van der Waals surface area contributed by atoms with Crippen molar-refractivity contribution in [1.29, 1.82) is 5.26 Å². The van der Waals surface area contributed by atoms with Crippen LogP contribution >= 0.6 is 0 Å². The van der Waals surface area contributed by atoms with E-state index in [4.69, 9.17) is 5.26 Å². The van der Waals surface area contributed by atoms with E-state index in [1.807, 2.05) is 6.07 Å². The third kappa shape index (κ3) is 3.47. The van der Waals surface area contributed by atoms with Gasteiger partial charge in [0.25, 0.3) is 0 Å². The average Bonchev–Trinajstić information content (AvgIpc) is 2.42. The molecule has 0 radical (unpaired) electrons. The molecule has 1 aliphatic rings. The van der Waals surface area contributed by atoms with Crippen molar-refractivity contribution in [3.63, 3.8) is 0 Å². The summed E-state index contributed by atoms with van der Waals surface area (Å²) >= 11 is 0. The maximum Gasteiger partial charge on any atom is 0.129 e. The number of benzene rings is 1. The molecule has 102 valence electrons. The van der Waals surface area contributed by atoms with Gasteiger partial charge in [-0.3, -0.25) is 0 Å². The van der Waals surface area contributed by atoms with Crippen LogP contribution in [0.3, 0.4) is 0 Å². The highest BCUT2D eigenvalue weighted by Gasteiger charge is 2.18. The minimum absolute atomic E-state index is 0.307. The van der Waals surface area contributed by atoms with E-state index in [-0.39, 0.29) is 5.82 Å². The Labute approximate surface area is 114 Å². The highest BCUT2D eigenvalue weighted by molar-refractivity contribution is 5.55. The monoisotopic (exact) mass is 260 g/mol. The summed E-state index contributed by atoms with van der Waals surface area (Å²) < 4.78 is 13.7. The molecule has 2 rings (SSSR count). The van der Waals surface area contributed by atoms with Gasteiger partial charge >= 0.3 is 0 Å². The van der Waals surface area contributed by atoms with Crippen LogP contribution in [-0.2, 0) is 0 Å². The second-order valence-electron chi connectivity index (χ2n) is 5.75. The van der Waals surface area contributed by atoms with Gasteiger partial charge in [-0.2, -0.15) is 5.26 Å². The number of anilines is 1. The molecule has 1 saturated carbocycles. The van der Waals surface area contributed by atoms with E-state index in [0.29, 0.717) is 17.0 Å². The molecule has 0 aromatic heterocycles. The van der Waals surface area contributed by atoms with E-state index in [1.54, 1.807) is 13.0 Å². The van der Waals surface area contributed by atoms with Crippen molar-refractivity contribution >= 4 is 5.69 Å². The van der Waals surface area contributed by atoms with Crippen LogP contribution < -0.4 is 5.32 Å². The number of hydrogen-bond acceptors (Lipinski definition) is 2. The van der Waals surface area contributed by atoms with Gasteiger partial charge in [0.2, 0.25) is 0 Å². The summed E-state index contributed by atoms with van der Waals surface area (Å²) in [5.74, 6) is 1.21. The van der Waals surface area contributed by atoms with Crippen LogP contribution in [0.4, 0.5) is 10.1 Å². The van der Waals surface area contributed by atoms with Crippen molar-refractivity contribution in [2.45, 2.75) is 39.5 Å². The maximum absolute atomic E-state index is 13.7. The van der Waals surface area contributed by atoms with Crippen LogP contribution in [-0.4, -0.2) is 6.54 Å². The van der Waals surface area contributed by atoms with E-state index in [9.17, 15) is 4.39 Å². The van der Waals surface area contributed by atoms with Crippen LogP contribution in [0.2, 0.25) is 0 Å². The van der Waals surface area contributed by atoms with Gasteiger partial charge in [-0.1, -0.05) is 19.8 Å². The number of nitriles is 1. The zero-order valence-electron chi connectivity index (χ0n) is 11.7. The molecule has 0 atom stereocenters. The van der Waals surface area contributed by atoms with Crippen molar-refractivity contribution in [2.75, 3.05) is 11.9 Å². The largest absolute Gasteiger partial charge is 0.384 e. The van der Waals surface area contributed by atoms with Gasteiger partial charge in [0.05, 0.1) is 11.6 Å². The van der Waals surface area contributed by atoms with E-state index < -0.39 is 0 Å². The van der Waals surface area contributed by atoms with Gasteiger partial charge in [-0.15, -0.1) is 0 Å². The zero-order chi connectivity index (χ0) is 13.8. The van der Waals surface area contributed by atoms with Gasteiger partial charge < -0.3 is 5.32 Å². The van der Waals surface area contributed by atoms with Crippen LogP contribution in [0.25, 0.3) is 0 Å². The standard InChI is InChI=1S/C16H21FN2/c1-11-3-5-13(6-4-11)10-19-16-8-14(9-18)7-15(17)12(16)2/h7-8,11,13,19H,3-6,10H2,1-2H3. The first-order chi connectivity index (χ1) is 9.10. The molecule has 19 heavy (non-hydrogen) atoms. The minimum atomic E-state index is -0.307. The topological polar surface area (TPSA) is 35.8 Å². The Bertz CT molecular complexity index is 482. The van der Waals surface area contributed by atoms with Crippen LogP contribution in [0.1, 0.15) is 43.7 Å². The van der Waals surface area contributed by atoms with Crippen LogP contribution in [0, 0.1) is 35.9 Å². The first-order valence-electron chi connectivity index (χ1n) is 7.04. The normalized spacial score (nSPS) is 22.8. The molecule has 0 spiro atoms. The molecular formula is C16H21FN2. The third-order valence-corrected chi connectivity index (χ3v) is 4.19. The molecule has 0 unspecified atom stereocenters. The lowest BCUT2D eigenvalue weighted by Gasteiger charge is -2.26. The Morgan fingerprint density at radius 2 is 2.00 bits per heavy atom. The number of nitrogens with zero attached hydrogens (tertiary/aromatic N) is 1. The second-order valence-corrected chi connectivity index (χ2v) is 5.75. The number of rotatable bonds is 3. The van der Waals surface area contributed by atoms with Crippen molar-refractivity contribution in [1.82, 2.24) is 0 Å². The summed E-state index contributed by atoms with van der Waals surface area (Å²) in [5.41, 5.74) is 1.74. The van der Waals surface area contributed by atoms with Crippen molar-refractivity contribution in [3.8, 4) is 6.07 Å². The van der Waals surface area contributed by atoms with Gasteiger partial charge in [-0.05, 0) is 43.7 Å². The van der Waals surface area contributed by atoms with E-state index in [1.165, 1.54) is 31.7 Å². The summed E-state index contributed by atoms with van der Waals surface area (Å²) in [7, 11) is 0. The van der Waals surface area contributed by atoms with Crippen LogP contribution in [0.15, 0.2) is 12.1 Å². The molecule has 1 N–H and O–H groups in total. The molecule has 1 aliphatic carbocycles. The zero-order valence-corrected chi connectivity index (χ0v) is 11.7. The molecule has 0 saturated heterocycles. The fourth-order valence-corrected chi connectivity index (χ4v) is 2.71.